The van der Waals surface area contributed by atoms with Gasteiger partial charge in [-0.1, -0.05) is 70.2 Å². The molecule has 2 unspecified atom stereocenters. The van der Waals surface area contributed by atoms with E-state index in [-0.39, 0.29) is 6.04 Å². The van der Waals surface area contributed by atoms with E-state index < -0.39 is 0 Å². The molecule has 1 nitrogen and oxygen atoms in total. The minimum Gasteiger partial charge on any atom is -0.324 e. The zero-order valence-corrected chi connectivity index (χ0v) is 13.2. The minimum atomic E-state index is 0.124. The van der Waals surface area contributed by atoms with Crippen LogP contribution in [0, 0.1) is 11.3 Å². The molecule has 2 aromatic rings. The van der Waals surface area contributed by atoms with E-state index in [9.17, 15) is 0 Å². The number of hydrogen-bond donors (Lipinski definition) is 1. The topological polar surface area (TPSA) is 26.0 Å². The lowest BCUT2D eigenvalue weighted by atomic mass is 9.82. The highest BCUT2D eigenvalue weighted by Gasteiger charge is 2.19. The maximum Gasteiger partial charge on any atom is 0.0303 e. The van der Waals surface area contributed by atoms with Crippen LogP contribution in [0.25, 0.3) is 10.8 Å². The molecule has 0 radical (unpaired) electrons. The summed E-state index contributed by atoms with van der Waals surface area (Å²) in [6.45, 7) is 9.21. The first-order valence-electron chi connectivity index (χ1n) is 7.60. The van der Waals surface area contributed by atoms with E-state index in [0.717, 1.165) is 6.42 Å². The zero-order chi connectivity index (χ0) is 14.8. The second-order valence-electron chi connectivity index (χ2n) is 7.28. The summed E-state index contributed by atoms with van der Waals surface area (Å²) in [5, 5.41) is 2.58. The van der Waals surface area contributed by atoms with Gasteiger partial charge in [-0.25, -0.2) is 0 Å². The maximum atomic E-state index is 6.48. The molecule has 2 N–H and O–H groups in total. The van der Waals surface area contributed by atoms with Gasteiger partial charge in [-0.2, -0.15) is 0 Å². The molecule has 0 saturated carbocycles. The van der Waals surface area contributed by atoms with Crippen molar-refractivity contribution in [3.63, 3.8) is 0 Å². The molecule has 20 heavy (non-hydrogen) atoms. The van der Waals surface area contributed by atoms with Gasteiger partial charge in [-0.15, -0.1) is 0 Å². The van der Waals surface area contributed by atoms with Gasteiger partial charge in [0.15, 0.2) is 0 Å². The van der Waals surface area contributed by atoms with Crippen LogP contribution in [0.3, 0.4) is 0 Å². The number of nitrogens with two attached hydrogens (primary N) is 1. The normalized spacial score (nSPS) is 15.2. The number of benzene rings is 2. The molecule has 0 saturated heterocycles. The van der Waals surface area contributed by atoms with Crippen LogP contribution in [0.4, 0.5) is 0 Å². The minimum absolute atomic E-state index is 0.124. The summed E-state index contributed by atoms with van der Waals surface area (Å²) in [4.78, 5) is 0. The summed E-state index contributed by atoms with van der Waals surface area (Å²) in [6, 6.07) is 15.1. The highest BCUT2D eigenvalue weighted by molar-refractivity contribution is 5.86. The van der Waals surface area contributed by atoms with Crippen LogP contribution in [0.5, 0.6) is 0 Å². The zero-order valence-electron chi connectivity index (χ0n) is 13.2. The number of rotatable bonds is 4. The molecule has 0 aromatic heterocycles. The van der Waals surface area contributed by atoms with Crippen molar-refractivity contribution in [2.24, 2.45) is 17.1 Å². The summed E-state index contributed by atoms with van der Waals surface area (Å²) < 4.78 is 0. The lowest BCUT2D eigenvalue weighted by molar-refractivity contribution is 0.286. The maximum absolute atomic E-state index is 6.48. The Hall–Kier alpha value is -1.34. The van der Waals surface area contributed by atoms with Crippen LogP contribution in [0.15, 0.2) is 42.5 Å². The molecule has 108 valence electrons. The van der Waals surface area contributed by atoms with E-state index in [0.29, 0.717) is 11.3 Å². The fraction of sp³-hybridized carbons (Fsp3) is 0.474. The van der Waals surface area contributed by atoms with Gasteiger partial charge in [0, 0.05) is 6.04 Å². The van der Waals surface area contributed by atoms with Crippen LogP contribution >= 0.6 is 0 Å². The smallest absolute Gasteiger partial charge is 0.0303 e. The Kier molecular flexibility index (Phi) is 4.49. The molecule has 0 aliphatic rings. The fourth-order valence-corrected chi connectivity index (χ4v) is 3.26. The van der Waals surface area contributed by atoms with Gasteiger partial charge in [-0.05, 0) is 40.5 Å². The van der Waals surface area contributed by atoms with Gasteiger partial charge in [0.25, 0.3) is 0 Å². The lowest BCUT2D eigenvalue weighted by Gasteiger charge is -2.25. The Labute approximate surface area is 123 Å². The molecule has 0 spiro atoms. The Balaban J connectivity index is 2.17. The van der Waals surface area contributed by atoms with E-state index in [4.69, 9.17) is 5.73 Å². The van der Waals surface area contributed by atoms with Gasteiger partial charge in [-0.3, -0.25) is 0 Å². The highest BCUT2D eigenvalue weighted by atomic mass is 14.6. The Morgan fingerprint density at radius 1 is 1.00 bits per heavy atom. The summed E-state index contributed by atoms with van der Waals surface area (Å²) in [5.41, 5.74) is 8.14. The van der Waals surface area contributed by atoms with E-state index in [1.54, 1.807) is 0 Å². The third-order valence-corrected chi connectivity index (χ3v) is 3.84. The summed E-state index contributed by atoms with van der Waals surface area (Å²) in [5.74, 6) is 0.643. The standard InChI is InChI=1S/C19H27N/c1-14(13-19(2,3)4)12-18(20)17-11-7-9-15-8-5-6-10-16(15)17/h5-11,14,18H,12-13,20H2,1-4H3. The lowest BCUT2D eigenvalue weighted by Crippen LogP contribution is -2.18. The van der Waals surface area contributed by atoms with Gasteiger partial charge in [0.05, 0.1) is 0 Å². The molecular weight excluding hydrogens is 242 g/mol. The summed E-state index contributed by atoms with van der Waals surface area (Å²) >= 11 is 0. The number of fused-ring (bicyclic) bond motifs is 1. The van der Waals surface area contributed by atoms with E-state index in [1.807, 2.05) is 0 Å². The molecule has 0 aliphatic heterocycles. The molecule has 0 amide bonds. The molecule has 0 heterocycles. The average molecular weight is 269 g/mol. The Morgan fingerprint density at radius 2 is 1.65 bits per heavy atom. The van der Waals surface area contributed by atoms with Gasteiger partial charge in [0.1, 0.15) is 0 Å². The van der Waals surface area contributed by atoms with Crippen LogP contribution < -0.4 is 5.73 Å². The summed E-state index contributed by atoms with van der Waals surface area (Å²) in [7, 11) is 0. The molecule has 1 heteroatoms. The van der Waals surface area contributed by atoms with Crippen LogP contribution in [-0.4, -0.2) is 0 Å². The van der Waals surface area contributed by atoms with Gasteiger partial charge >= 0.3 is 0 Å². The van der Waals surface area contributed by atoms with Gasteiger partial charge < -0.3 is 5.73 Å². The average Bonchev–Trinajstić information content (AvgIpc) is 2.35. The van der Waals surface area contributed by atoms with E-state index >= 15 is 0 Å². The van der Waals surface area contributed by atoms with Gasteiger partial charge in [0.2, 0.25) is 0 Å². The molecule has 0 fully saturated rings. The molecule has 0 aliphatic carbocycles. The molecule has 0 bridgehead atoms. The van der Waals surface area contributed by atoms with E-state index in [1.165, 1.54) is 22.8 Å². The molecular formula is C19H27N. The van der Waals surface area contributed by atoms with Crippen molar-refractivity contribution in [1.29, 1.82) is 0 Å². The van der Waals surface area contributed by atoms with Crippen molar-refractivity contribution in [3.8, 4) is 0 Å². The first-order chi connectivity index (χ1) is 9.37. The third-order valence-electron chi connectivity index (χ3n) is 3.84. The summed E-state index contributed by atoms with van der Waals surface area (Å²) in [6.07, 6.45) is 2.26. The Morgan fingerprint density at radius 3 is 2.35 bits per heavy atom. The highest BCUT2D eigenvalue weighted by Crippen LogP contribution is 2.31. The second-order valence-corrected chi connectivity index (χ2v) is 7.28. The predicted octanol–water partition coefficient (Wildman–Crippen LogP) is 5.30. The van der Waals surface area contributed by atoms with Crippen LogP contribution in [0.1, 0.15) is 52.1 Å². The van der Waals surface area contributed by atoms with Crippen molar-refractivity contribution in [2.75, 3.05) is 0 Å². The second kappa shape index (κ2) is 5.97. The van der Waals surface area contributed by atoms with Crippen LogP contribution in [0.2, 0.25) is 0 Å². The quantitative estimate of drug-likeness (QED) is 0.800. The van der Waals surface area contributed by atoms with Crippen molar-refractivity contribution in [2.45, 2.75) is 46.6 Å². The molecule has 2 atom stereocenters. The monoisotopic (exact) mass is 269 g/mol. The molecule has 2 rings (SSSR count). The Bertz CT molecular complexity index is 560. The van der Waals surface area contributed by atoms with E-state index in [2.05, 4.69) is 70.2 Å². The first kappa shape index (κ1) is 15.1. The largest absolute Gasteiger partial charge is 0.324 e. The number of hydrogen-bond acceptors (Lipinski definition) is 1. The van der Waals surface area contributed by atoms with Crippen molar-refractivity contribution >= 4 is 10.8 Å². The van der Waals surface area contributed by atoms with Crippen molar-refractivity contribution in [3.05, 3.63) is 48.0 Å². The fourth-order valence-electron chi connectivity index (χ4n) is 3.26. The van der Waals surface area contributed by atoms with Crippen LogP contribution in [-0.2, 0) is 0 Å². The van der Waals surface area contributed by atoms with Crippen molar-refractivity contribution in [1.82, 2.24) is 0 Å². The predicted molar refractivity (Wildman–Crippen MR) is 88.7 cm³/mol. The molecule has 2 aromatic carbocycles. The first-order valence-corrected chi connectivity index (χ1v) is 7.60. The van der Waals surface area contributed by atoms with Crippen molar-refractivity contribution < 1.29 is 0 Å². The third kappa shape index (κ3) is 3.83. The SMILES string of the molecule is CC(CC(N)c1cccc2ccccc12)CC(C)(C)C.